The number of thiazole rings is 1. The van der Waals surface area contributed by atoms with E-state index in [1.807, 2.05) is 30.3 Å². The van der Waals surface area contributed by atoms with Crippen molar-refractivity contribution in [3.8, 4) is 51.3 Å². The van der Waals surface area contributed by atoms with E-state index in [-0.39, 0.29) is 12.5 Å². The molecule has 0 radical (unpaired) electrons. The van der Waals surface area contributed by atoms with Crippen LogP contribution in [-0.2, 0) is 4.79 Å². The second-order valence-corrected chi connectivity index (χ2v) is 9.21. The minimum absolute atomic E-state index is 0.233. The zero-order chi connectivity index (χ0) is 27.4. The number of nitrogens with one attached hydrogen (secondary N) is 1. The molecule has 0 atom stereocenters. The topological polar surface area (TPSA) is 114 Å². The van der Waals surface area contributed by atoms with Crippen molar-refractivity contribution < 1.29 is 33.0 Å². The van der Waals surface area contributed by atoms with E-state index in [1.165, 1.54) is 18.4 Å². The van der Waals surface area contributed by atoms with E-state index < -0.39 is 0 Å². The number of ether oxygens (including phenoxy) is 5. The van der Waals surface area contributed by atoms with Crippen LogP contribution in [0.1, 0.15) is 0 Å². The lowest BCUT2D eigenvalue weighted by molar-refractivity contribution is -0.118. The summed E-state index contributed by atoms with van der Waals surface area (Å²) in [6.07, 6.45) is 0. The zero-order valence-corrected chi connectivity index (χ0v) is 22.5. The van der Waals surface area contributed by atoms with Crippen molar-refractivity contribution in [2.45, 2.75) is 0 Å². The highest BCUT2D eigenvalue weighted by Crippen LogP contribution is 2.42. The van der Waals surface area contributed by atoms with Gasteiger partial charge in [-0.2, -0.15) is 0 Å². The average Bonchev–Trinajstić information content (AvgIpc) is 3.62. The Bertz CT molecular complexity index is 1570. The molecular weight excluding hydrogens is 522 g/mol. The van der Waals surface area contributed by atoms with Crippen molar-refractivity contribution in [3.05, 3.63) is 60.7 Å². The molecule has 5 rings (SSSR count). The molecule has 11 heteroatoms. The highest BCUT2D eigenvalue weighted by Gasteiger charge is 2.18. The molecule has 3 aromatic carbocycles. The number of benzene rings is 3. The molecule has 2 heterocycles. The second kappa shape index (κ2) is 11.3. The van der Waals surface area contributed by atoms with Crippen LogP contribution in [-0.4, -0.2) is 51.1 Å². The number of amides is 1. The molecule has 0 bridgehead atoms. The first kappa shape index (κ1) is 25.9. The van der Waals surface area contributed by atoms with Gasteiger partial charge in [-0.25, -0.2) is 4.98 Å². The lowest BCUT2D eigenvalue weighted by atomic mass is 10.1. The standard InChI is InChI=1S/C28H25N3O7S/c1-33-20-10-9-16(11-22(20)37-15-26(32)30-28-29-18-7-5-6-8-25(18)39-28)21-14-19(31-38-21)17-12-23(34-2)27(36-4)24(13-17)35-3/h5-14H,15H2,1-4H3,(H,29,30,32). The Morgan fingerprint density at radius 2 is 1.56 bits per heavy atom. The van der Waals surface area contributed by atoms with Crippen LogP contribution in [0, 0.1) is 0 Å². The normalized spacial score (nSPS) is 10.8. The van der Waals surface area contributed by atoms with Gasteiger partial charge in [0, 0.05) is 17.2 Å². The summed E-state index contributed by atoms with van der Waals surface area (Å²) < 4.78 is 34.1. The van der Waals surface area contributed by atoms with E-state index in [4.69, 9.17) is 28.2 Å². The van der Waals surface area contributed by atoms with Gasteiger partial charge in [0.1, 0.15) is 5.69 Å². The van der Waals surface area contributed by atoms with Gasteiger partial charge < -0.3 is 28.2 Å². The van der Waals surface area contributed by atoms with E-state index in [0.29, 0.717) is 50.9 Å². The maximum absolute atomic E-state index is 12.6. The molecule has 2 aromatic heterocycles. The van der Waals surface area contributed by atoms with Crippen LogP contribution in [0.4, 0.5) is 5.13 Å². The summed E-state index contributed by atoms with van der Waals surface area (Å²) in [6.45, 7) is -0.233. The van der Waals surface area contributed by atoms with Crippen molar-refractivity contribution in [2.24, 2.45) is 0 Å². The number of para-hydroxylation sites is 1. The summed E-state index contributed by atoms with van der Waals surface area (Å²) in [6, 6.07) is 18.3. The van der Waals surface area contributed by atoms with Crippen LogP contribution in [0.5, 0.6) is 28.7 Å². The van der Waals surface area contributed by atoms with Gasteiger partial charge in [0.2, 0.25) is 5.75 Å². The average molecular weight is 548 g/mol. The summed E-state index contributed by atoms with van der Waals surface area (Å²) in [7, 11) is 6.17. The molecule has 0 spiro atoms. The first-order valence-electron chi connectivity index (χ1n) is 11.8. The van der Waals surface area contributed by atoms with Crippen molar-refractivity contribution in [2.75, 3.05) is 40.4 Å². The molecule has 200 valence electrons. The van der Waals surface area contributed by atoms with Crippen LogP contribution in [0.3, 0.4) is 0 Å². The summed E-state index contributed by atoms with van der Waals surface area (Å²) in [5, 5.41) is 7.50. The molecule has 0 aliphatic carbocycles. The Hall–Kier alpha value is -4.77. The summed E-state index contributed by atoms with van der Waals surface area (Å²) >= 11 is 1.40. The number of carbonyl (C=O) groups is 1. The van der Waals surface area contributed by atoms with Gasteiger partial charge in [0.15, 0.2) is 40.5 Å². The number of methoxy groups -OCH3 is 4. The van der Waals surface area contributed by atoms with Crippen LogP contribution < -0.4 is 29.0 Å². The fourth-order valence-corrected chi connectivity index (χ4v) is 4.83. The number of rotatable bonds is 10. The predicted molar refractivity (Wildman–Crippen MR) is 147 cm³/mol. The minimum atomic E-state index is -0.342. The van der Waals surface area contributed by atoms with E-state index in [9.17, 15) is 4.79 Å². The molecule has 5 aromatic rings. The van der Waals surface area contributed by atoms with Crippen LogP contribution in [0.15, 0.2) is 65.2 Å². The molecule has 1 amide bonds. The first-order chi connectivity index (χ1) is 19.0. The quantitative estimate of drug-likeness (QED) is 0.236. The Morgan fingerprint density at radius 3 is 2.26 bits per heavy atom. The molecule has 0 aliphatic heterocycles. The maximum atomic E-state index is 12.6. The number of carbonyl (C=O) groups excluding carboxylic acids is 1. The lowest BCUT2D eigenvalue weighted by Crippen LogP contribution is -2.20. The highest BCUT2D eigenvalue weighted by molar-refractivity contribution is 7.22. The number of anilines is 1. The Balaban J connectivity index is 1.34. The molecule has 10 nitrogen and oxygen atoms in total. The van der Waals surface area contributed by atoms with Crippen molar-refractivity contribution in [1.29, 1.82) is 0 Å². The monoisotopic (exact) mass is 547 g/mol. The Morgan fingerprint density at radius 1 is 0.846 bits per heavy atom. The molecule has 0 aliphatic rings. The third kappa shape index (κ3) is 5.43. The third-order valence-electron chi connectivity index (χ3n) is 5.82. The molecular formula is C28H25N3O7S. The van der Waals surface area contributed by atoms with Crippen molar-refractivity contribution >= 4 is 32.6 Å². The Labute approximate surface area is 228 Å². The first-order valence-corrected chi connectivity index (χ1v) is 12.6. The Kier molecular flexibility index (Phi) is 7.50. The van der Waals surface area contributed by atoms with E-state index >= 15 is 0 Å². The second-order valence-electron chi connectivity index (χ2n) is 8.18. The molecule has 0 unspecified atom stereocenters. The van der Waals surface area contributed by atoms with Gasteiger partial charge in [0.05, 0.1) is 38.7 Å². The molecule has 39 heavy (non-hydrogen) atoms. The molecule has 0 saturated carbocycles. The van der Waals surface area contributed by atoms with E-state index in [1.54, 1.807) is 51.7 Å². The molecule has 0 saturated heterocycles. The van der Waals surface area contributed by atoms with Gasteiger partial charge in [0.25, 0.3) is 5.91 Å². The highest BCUT2D eigenvalue weighted by atomic mass is 32.1. The van der Waals surface area contributed by atoms with Crippen LogP contribution in [0.25, 0.3) is 32.8 Å². The van der Waals surface area contributed by atoms with Crippen molar-refractivity contribution in [3.63, 3.8) is 0 Å². The lowest BCUT2D eigenvalue weighted by Gasteiger charge is -2.13. The number of nitrogens with zero attached hydrogens (tertiary/aromatic N) is 2. The summed E-state index contributed by atoms with van der Waals surface area (Å²) in [5.74, 6) is 2.48. The maximum Gasteiger partial charge on any atom is 0.264 e. The van der Waals surface area contributed by atoms with Crippen LogP contribution >= 0.6 is 11.3 Å². The fourth-order valence-electron chi connectivity index (χ4n) is 3.94. The third-order valence-corrected chi connectivity index (χ3v) is 6.77. The molecule has 1 N–H and O–H groups in total. The van der Waals surface area contributed by atoms with Gasteiger partial charge >= 0.3 is 0 Å². The van der Waals surface area contributed by atoms with Gasteiger partial charge in [-0.05, 0) is 42.5 Å². The van der Waals surface area contributed by atoms with Crippen LogP contribution in [0.2, 0.25) is 0 Å². The van der Waals surface area contributed by atoms with Gasteiger partial charge in [-0.15, -0.1) is 0 Å². The van der Waals surface area contributed by atoms with Crippen molar-refractivity contribution in [1.82, 2.24) is 10.1 Å². The predicted octanol–water partition coefficient (Wildman–Crippen LogP) is 5.67. The van der Waals surface area contributed by atoms with E-state index in [2.05, 4.69) is 15.5 Å². The molecule has 0 fully saturated rings. The van der Waals surface area contributed by atoms with Gasteiger partial charge in [-0.1, -0.05) is 28.6 Å². The van der Waals surface area contributed by atoms with E-state index in [0.717, 1.165) is 15.8 Å². The largest absolute Gasteiger partial charge is 0.493 e. The summed E-state index contributed by atoms with van der Waals surface area (Å²) in [4.78, 5) is 17.0. The summed E-state index contributed by atoms with van der Waals surface area (Å²) in [5.41, 5.74) is 2.79. The number of hydrogen-bond acceptors (Lipinski definition) is 10. The minimum Gasteiger partial charge on any atom is -0.493 e. The number of fused-ring (bicyclic) bond motifs is 1. The van der Waals surface area contributed by atoms with Gasteiger partial charge in [-0.3, -0.25) is 10.1 Å². The smallest absolute Gasteiger partial charge is 0.264 e. The fraction of sp³-hybridized carbons (Fsp3) is 0.179. The SMILES string of the molecule is COc1ccc(-c2cc(-c3cc(OC)c(OC)c(OC)c3)no2)cc1OCC(=O)Nc1nc2ccccc2s1. The number of hydrogen-bond donors (Lipinski definition) is 1. The number of aromatic nitrogens is 2. The zero-order valence-electron chi connectivity index (χ0n) is 21.6.